The number of benzene rings is 2. The molecule has 0 nitrogen and oxygen atoms in total. The molecule has 0 spiro atoms. The molecule has 2 aliphatic rings. The largest absolute Gasteiger partial charge is 0.205 e. The lowest BCUT2D eigenvalue weighted by Gasteiger charge is -2.40. The van der Waals surface area contributed by atoms with Crippen molar-refractivity contribution in [2.24, 2.45) is 11.8 Å². The Hall–Kier alpha value is -1.78. The highest BCUT2D eigenvalue weighted by molar-refractivity contribution is 6.30. The zero-order valence-corrected chi connectivity index (χ0v) is 18.1. The summed E-state index contributed by atoms with van der Waals surface area (Å²) in [7, 11) is 0. The first-order valence-electron chi connectivity index (χ1n) is 11.2. The minimum absolute atomic E-state index is 0.138. The van der Waals surface area contributed by atoms with Gasteiger partial charge in [0.25, 0.3) is 0 Å². The van der Waals surface area contributed by atoms with E-state index in [9.17, 15) is 4.39 Å². The Bertz CT molecular complexity index is 920. The van der Waals surface area contributed by atoms with Gasteiger partial charge in [-0.25, -0.2) is 4.39 Å². The first-order chi connectivity index (χ1) is 14.1. The van der Waals surface area contributed by atoms with Crippen LogP contribution in [0.1, 0.15) is 86.5 Å². The van der Waals surface area contributed by atoms with E-state index in [0.717, 1.165) is 23.3 Å². The van der Waals surface area contributed by atoms with E-state index < -0.39 is 5.82 Å². The third-order valence-corrected chi connectivity index (χ3v) is 7.21. The lowest BCUT2D eigenvalue weighted by molar-refractivity contribution is 0.199. The number of unbranched alkanes of at least 4 members (excludes halogenated alkanes) is 2. The summed E-state index contributed by atoms with van der Waals surface area (Å²) in [6.45, 7) is 2.29. The van der Waals surface area contributed by atoms with Gasteiger partial charge in [-0.2, -0.15) is 0 Å². The molecule has 0 N–H and O–H groups in total. The minimum atomic E-state index is -0.416. The van der Waals surface area contributed by atoms with Crippen molar-refractivity contribution < 1.29 is 4.39 Å². The van der Waals surface area contributed by atoms with Crippen LogP contribution in [0.25, 0.3) is 0 Å². The van der Waals surface area contributed by atoms with Crippen molar-refractivity contribution in [1.29, 1.82) is 0 Å². The molecule has 0 radical (unpaired) electrons. The van der Waals surface area contributed by atoms with Gasteiger partial charge in [0.1, 0.15) is 5.82 Å². The highest BCUT2D eigenvalue weighted by atomic mass is 35.5. The zero-order chi connectivity index (χ0) is 20.2. The number of hydrogen-bond donors (Lipinski definition) is 0. The van der Waals surface area contributed by atoms with Crippen LogP contribution in [0.4, 0.5) is 4.39 Å². The van der Waals surface area contributed by atoms with E-state index in [-0.39, 0.29) is 5.02 Å². The second-order valence-corrected chi connectivity index (χ2v) is 9.28. The summed E-state index contributed by atoms with van der Waals surface area (Å²) >= 11 is 5.75. The SMILES string of the molecule is CCCCC[C@@H]1CC[C@@H]2c3ccc(C#Cc4ccc(Cl)c(F)c4)cc3CC[C@@H]2C1. The summed E-state index contributed by atoms with van der Waals surface area (Å²) in [5.41, 5.74) is 4.72. The van der Waals surface area contributed by atoms with Gasteiger partial charge < -0.3 is 0 Å². The quantitative estimate of drug-likeness (QED) is 0.356. The fourth-order valence-corrected chi connectivity index (χ4v) is 5.47. The van der Waals surface area contributed by atoms with Crippen LogP contribution < -0.4 is 0 Å². The smallest absolute Gasteiger partial charge is 0.143 e. The van der Waals surface area contributed by atoms with Crippen LogP contribution in [-0.2, 0) is 6.42 Å². The molecule has 0 amide bonds. The monoisotopic (exact) mass is 408 g/mol. The van der Waals surface area contributed by atoms with Gasteiger partial charge in [0.05, 0.1) is 5.02 Å². The molecule has 0 bridgehead atoms. The normalized spacial score (nSPS) is 22.9. The van der Waals surface area contributed by atoms with Crippen LogP contribution >= 0.6 is 11.6 Å². The molecule has 1 saturated carbocycles. The van der Waals surface area contributed by atoms with Crippen molar-refractivity contribution in [2.45, 2.75) is 70.6 Å². The highest BCUT2D eigenvalue weighted by Gasteiger charge is 2.34. The van der Waals surface area contributed by atoms with E-state index in [1.165, 1.54) is 69.4 Å². The highest BCUT2D eigenvalue weighted by Crippen LogP contribution is 2.48. The van der Waals surface area contributed by atoms with Crippen LogP contribution in [0.2, 0.25) is 5.02 Å². The molecule has 2 aromatic carbocycles. The Morgan fingerprint density at radius 1 is 1.00 bits per heavy atom. The van der Waals surface area contributed by atoms with Gasteiger partial charge in [-0.05, 0) is 91.3 Å². The third kappa shape index (κ3) is 4.87. The summed E-state index contributed by atoms with van der Waals surface area (Å²) in [5.74, 6) is 8.43. The van der Waals surface area contributed by atoms with E-state index in [2.05, 4.69) is 37.0 Å². The maximum atomic E-state index is 13.6. The number of hydrogen-bond acceptors (Lipinski definition) is 0. The van der Waals surface area contributed by atoms with Gasteiger partial charge in [-0.3, -0.25) is 0 Å². The second kappa shape index (κ2) is 9.36. The molecule has 3 atom stereocenters. The second-order valence-electron chi connectivity index (χ2n) is 8.87. The number of fused-ring (bicyclic) bond motifs is 3. The van der Waals surface area contributed by atoms with E-state index in [1.54, 1.807) is 17.7 Å². The number of rotatable bonds is 4. The van der Waals surface area contributed by atoms with Crippen LogP contribution in [0.15, 0.2) is 36.4 Å². The lowest BCUT2D eigenvalue weighted by Crippen LogP contribution is -2.28. The van der Waals surface area contributed by atoms with E-state index in [0.29, 0.717) is 5.56 Å². The van der Waals surface area contributed by atoms with Crippen molar-refractivity contribution in [2.75, 3.05) is 0 Å². The van der Waals surface area contributed by atoms with Crippen LogP contribution in [0, 0.1) is 29.5 Å². The fraction of sp³-hybridized carbons (Fsp3) is 0.481. The molecule has 2 heteroatoms. The van der Waals surface area contributed by atoms with Gasteiger partial charge in [-0.1, -0.05) is 62.1 Å². The molecule has 2 aromatic rings. The van der Waals surface area contributed by atoms with Crippen LogP contribution in [-0.4, -0.2) is 0 Å². The topological polar surface area (TPSA) is 0 Å². The molecule has 152 valence electrons. The average molecular weight is 409 g/mol. The van der Waals surface area contributed by atoms with E-state index in [4.69, 9.17) is 11.6 Å². The molecule has 2 aliphatic carbocycles. The van der Waals surface area contributed by atoms with Crippen LogP contribution in [0.3, 0.4) is 0 Å². The summed E-state index contributed by atoms with van der Waals surface area (Å²) in [4.78, 5) is 0. The Morgan fingerprint density at radius 2 is 1.79 bits per heavy atom. The molecule has 29 heavy (non-hydrogen) atoms. The predicted octanol–water partition coefficient (Wildman–Crippen LogP) is 7.91. The van der Waals surface area contributed by atoms with Crippen molar-refractivity contribution in [3.8, 4) is 11.8 Å². The van der Waals surface area contributed by atoms with Crippen molar-refractivity contribution >= 4 is 11.6 Å². The first kappa shape index (κ1) is 20.5. The van der Waals surface area contributed by atoms with Gasteiger partial charge in [-0.15, -0.1) is 0 Å². The molecule has 0 aromatic heterocycles. The Labute approximate surface area is 179 Å². The summed E-state index contributed by atoms with van der Waals surface area (Å²) in [6.07, 6.45) is 12.2. The molecule has 0 unspecified atom stereocenters. The first-order valence-corrected chi connectivity index (χ1v) is 11.6. The summed E-state index contributed by atoms with van der Waals surface area (Å²) in [6, 6.07) is 11.5. The van der Waals surface area contributed by atoms with Gasteiger partial charge >= 0.3 is 0 Å². The van der Waals surface area contributed by atoms with Gasteiger partial charge in [0.2, 0.25) is 0 Å². The van der Waals surface area contributed by atoms with Gasteiger partial charge in [0.15, 0.2) is 0 Å². The molecular weight excluding hydrogens is 379 g/mol. The summed E-state index contributed by atoms with van der Waals surface area (Å²) in [5, 5.41) is 0.138. The lowest BCUT2D eigenvalue weighted by atomic mass is 9.64. The molecule has 0 heterocycles. The third-order valence-electron chi connectivity index (χ3n) is 6.90. The number of aryl methyl sites for hydroxylation is 1. The Balaban J connectivity index is 1.45. The number of halogens is 2. The minimum Gasteiger partial charge on any atom is -0.205 e. The maximum Gasteiger partial charge on any atom is 0.143 e. The van der Waals surface area contributed by atoms with Crippen molar-refractivity contribution in [3.05, 3.63) is 69.5 Å². The van der Waals surface area contributed by atoms with E-state index >= 15 is 0 Å². The standard InChI is InChI=1S/C27H30ClF/c1-2-3-4-5-19-8-13-24-22(16-19)11-12-23-17-20(9-14-25(23)24)6-7-21-10-15-26(28)27(29)18-21/h9-10,14-15,17-19,22,24H,2-5,8,11-13,16H2,1H3/t19-,22-,24+/m1/s1. The van der Waals surface area contributed by atoms with Gasteiger partial charge in [0, 0.05) is 11.1 Å². The Kier molecular flexibility index (Phi) is 6.61. The molecule has 0 aliphatic heterocycles. The molecule has 0 saturated heterocycles. The predicted molar refractivity (Wildman–Crippen MR) is 120 cm³/mol. The van der Waals surface area contributed by atoms with E-state index in [1.807, 2.05) is 0 Å². The van der Waals surface area contributed by atoms with Crippen molar-refractivity contribution in [1.82, 2.24) is 0 Å². The van der Waals surface area contributed by atoms with Crippen molar-refractivity contribution in [3.63, 3.8) is 0 Å². The maximum absolute atomic E-state index is 13.6. The summed E-state index contributed by atoms with van der Waals surface area (Å²) < 4.78 is 13.6. The molecule has 4 rings (SSSR count). The molecule has 1 fully saturated rings. The zero-order valence-electron chi connectivity index (χ0n) is 17.3. The molecular formula is C27H30ClF. The fourth-order valence-electron chi connectivity index (χ4n) is 5.36. The Morgan fingerprint density at radius 3 is 2.59 bits per heavy atom. The average Bonchev–Trinajstić information content (AvgIpc) is 2.74. The van der Waals surface area contributed by atoms with Crippen LogP contribution in [0.5, 0.6) is 0 Å².